The number of carbonyl (C=O) groups is 1. The number of nitrogens with zero attached hydrogens (tertiary/aromatic N) is 4. The van der Waals surface area contributed by atoms with E-state index in [4.69, 9.17) is 4.74 Å². The van der Waals surface area contributed by atoms with Crippen molar-refractivity contribution in [3.05, 3.63) is 17.6 Å². The van der Waals surface area contributed by atoms with Crippen LogP contribution in [0.2, 0.25) is 0 Å². The van der Waals surface area contributed by atoms with E-state index >= 15 is 0 Å². The summed E-state index contributed by atoms with van der Waals surface area (Å²) in [6.07, 6.45) is 0.824. The number of ether oxygens (including phenoxy) is 1. The van der Waals surface area contributed by atoms with Gasteiger partial charge in [-0.3, -0.25) is 4.79 Å². The molecule has 1 aromatic rings. The third-order valence-corrected chi connectivity index (χ3v) is 4.76. The smallest absolute Gasteiger partial charge is 0.251 e. The highest BCUT2D eigenvalue weighted by atomic mass is 16.5. The van der Waals surface area contributed by atoms with Crippen molar-refractivity contribution in [2.45, 2.75) is 38.7 Å². The molecule has 132 valence electrons. The van der Waals surface area contributed by atoms with Crippen LogP contribution in [0.3, 0.4) is 0 Å². The first kappa shape index (κ1) is 17.1. The molecule has 0 aliphatic carbocycles. The lowest BCUT2D eigenvalue weighted by molar-refractivity contribution is -0.140. The van der Waals surface area contributed by atoms with Gasteiger partial charge in [-0.25, -0.2) is 9.97 Å². The number of rotatable bonds is 3. The zero-order valence-electron chi connectivity index (χ0n) is 14.4. The maximum Gasteiger partial charge on any atom is 0.251 e. The molecule has 2 saturated heterocycles. The number of aryl methyl sites for hydroxylation is 1. The Kier molecular flexibility index (Phi) is 5.30. The summed E-state index contributed by atoms with van der Waals surface area (Å²) >= 11 is 0. The third kappa shape index (κ3) is 3.84. The minimum absolute atomic E-state index is 0.179. The van der Waals surface area contributed by atoms with E-state index in [9.17, 15) is 9.90 Å². The second-order valence-corrected chi connectivity index (χ2v) is 6.57. The number of likely N-dealkylation sites (tertiary alicyclic amines) is 1. The number of hydrogen-bond acceptors (Lipinski definition) is 6. The van der Waals surface area contributed by atoms with E-state index in [0.29, 0.717) is 19.0 Å². The fourth-order valence-corrected chi connectivity index (χ4v) is 3.40. The van der Waals surface area contributed by atoms with Gasteiger partial charge in [-0.05, 0) is 26.7 Å². The second kappa shape index (κ2) is 7.44. The molecular formula is C17H26N4O3. The van der Waals surface area contributed by atoms with Crippen LogP contribution in [0.1, 0.15) is 37.2 Å². The Morgan fingerprint density at radius 1 is 1.25 bits per heavy atom. The molecular weight excluding hydrogens is 308 g/mol. The lowest BCUT2D eigenvalue weighted by Crippen LogP contribution is -2.42. The van der Waals surface area contributed by atoms with E-state index in [0.717, 1.165) is 56.5 Å². The highest BCUT2D eigenvalue weighted by molar-refractivity contribution is 5.80. The predicted molar refractivity (Wildman–Crippen MR) is 90.0 cm³/mol. The number of carbonyl (C=O) groups excluding carboxylic acids is 1. The van der Waals surface area contributed by atoms with Crippen LogP contribution in [0.15, 0.2) is 6.07 Å². The zero-order valence-corrected chi connectivity index (χ0v) is 14.4. The van der Waals surface area contributed by atoms with Gasteiger partial charge >= 0.3 is 0 Å². The number of morpholine rings is 1. The lowest BCUT2D eigenvalue weighted by Gasteiger charge is -2.33. The standard InChI is InChI=1S/C17H26N4O3/c1-12(22)17(23)21-5-3-14(4-6-21)15-11-16(19-13(2)18-15)20-7-9-24-10-8-20/h11-12,14,22H,3-10H2,1-2H3/t12-/m0/s1. The van der Waals surface area contributed by atoms with Crippen LogP contribution < -0.4 is 4.90 Å². The minimum Gasteiger partial charge on any atom is -0.384 e. The van der Waals surface area contributed by atoms with Crippen molar-refractivity contribution in [3.63, 3.8) is 0 Å². The summed E-state index contributed by atoms with van der Waals surface area (Å²) in [4.78, 5) is 25.1. The Bertz CT molecular complexity index is 579. The van der Waals surface area contributed by atoms with Crippen LogP contribution in [0.25, 0.3) is 0 Å². The van der Waals surface area contributed by atoms with Crippen molar-refractivity contribution in [1.82, 2.24) is 14.9 Å². The van der Waals surface area contributed by atoms with E-state index in [2.05, 4.69) is 20.9 Å². The highest BCUT2D eigenvalue weighted by Crippen LogP contribution is 2.29. The molecule has 24 heavy (non-hydrogen) atoms. The van der Waals surface area contributed by atoms with Gasteiger partial charge in [0.2, 0.25) is 0 Å². The Labute approximate surface area is 142 Å². The topological polar surface area (TPSA) is 78.8 Å². The van der Waals surface area contributed by atoms with Crippen LogP contribution in [-0.4, -0.2) is 71.4 Å². The predicted octanol–water partition coefficient (Wildman–Crippen LogP) is 0.708. The van der Waals surface area contributed by atoms with Crippen LogP contribution >= 0.6 is 0 Å². The van der Waals surface area contributed by atoms with Gasteiger partial charge in [0, 0.05) is 43.9 Å². The average molecular weight is 334 g/mol. The number of anilines is 1. The maximum atomic E-state index is 11.9. The third-order valence-electron chi connectivity index (χ3n) is 4.76. The first-order chi connectivity index (χ1) is 11.5. The average Bonchev–Trinajstić information content (AvgIpc) is 2.61. The summed E-state index contributed by atoms with van der Waals surface area (Å²) in [6, 6.07) is 2.09. The number of piperidine rings is 1. The molecule has 1 amide bonds. The zero-order chi connectivity index (χ0) is 17.1. The van der Waals surface area contributed by atoms with Gasteiger partial charge in [-0.15, -0.1) is 0 Å². The fourth-order valence-electron chi connectivity index (χ4n) is 3.40. The van der Waals surface area contributed by atoms with Crippen molar-refractivity contribution in [2.75, 3.05) is 44.3 Å². The van der Waals surface area contributed by atoms with E-state index < -0.39 is 6.10 Å². The number of hydrogen-bond donors (Lipinski definition) is 1. The fraction of sp³-hybridized carbons (Fsp3) is 0.706. The molecule has 0 bridgehead atoms. The van der Waals surface area contributed by atoms with Gasteiger partial charge in [0.1, 0.15) is 17.7 Å². The summed E-state index contributed by atoms with van der Waals surface area (Å²) in [5.74, 6) is 1.92. The van der Waals surface area contributed by atoms with Gasteiger partial charge < -0.3 is 19.6 Å². The molecule has 0 unspecified atom stereocenters. The molecule has 2 fully saturated rings. The van der Waals surface area contributed by atoms with Crippen molar-refractivity contribution in [2.24, 2.45) is 0 Å². The van der Waals surface area contributed by atoms with Gasteiger partial charge in [0.05, 0.1) is 13.2 Å². The number of amides is 1. The Balaban J connectivity index is 1.69. The van der Waals surface area contributed by atoms with E-state index in [1.54, 1.807) is 4.90 Å². The van der Waals surface area contributed by atoms with Gasteiger partial charge in [0.25, 0.3) is 5.91 Å². The minimum atomic E-state index is -0.921. The van der Waals surface area contributed by atoms with Crippen molar-refractivity contribution in [3.8, 4) is 0 Å². The molecule has 2 aliphatic heterocycles. The molecule has 2 aliphatic rings. The summed E-state index contributed by atoms with van der Waals surface area (Å²) in [5.41, 5.74) is 1.06. The molecule has 7 nitrogen and oxygen atoms in total. The summed E-state index contributed by atoms with van der Waals surface area (Å²) in [5, 5.41) is 9.45. The van der Waals surface area contributed by atoms with Crippen molar-refractivity contribution >= 4 is 11.7 Å². The van der Waals surface area contributed by atoms with E-state index in [-0.39, 0.29) is 5.91 Å². The summed E-state index contributed by atoms with van der Waals surface area (Å²) < 4.78 is 5.41. The molecule has 0 saturated carbocycles. The summed E-state index contributed by atoms with van der Waals surface area (Å²) in [7, 11) is 0. The number of aliphatic hydroxyl groups excluding tert-OH is 1. The molecule has 0 aromatic carbocycles. The lowest BCUT2D eigenvalue weighted by atomic mass is 9.93. The van der Waals surface area contributed by atoms with Gasteiger partial charge in [0.15, 0.2) is 0 Å². The monoisotopic (exact) mass is 334 g/mol. The van der Waals surface area contributed by atoms with Crippen molar-refractivity contribution in [1.29, 1.82) is 0 Å². The largest absolute Gasteiger partial charge is 0.384 e. The van der Waals surface area contributed by atoms with E-state index in [1.807, 2.05) is 6.92 Å². The first-order valence-corrected chi connectivity index (χ1v) is 8.69. The normalized spacial score (nSPS) is 21.0. The molecule has 3 heterocycles. The Hall–Kier alpha value is -1.73. The van der Waals surface area contributed by atoms with Crippen LogP contribution in [0, 0.1) is 6.92 Å². The molecule has 1 N–H and O–H groups in total. The van der Waals surface area contributed by atoms with E-state index in [1.165, 1.54) is 6.92 Å². The first-order valence-electron chi connectivity index (χ1n) is 8.69. The van der Waals surface area contributed by atoms with Crippen LogP contribution in [-0.2, 0) is 9.53 Å². The molecule has 0 spiro atoms. The maximum absolute atomic E-state index is 11.9. The quantitative estimate of drug-likeness (QED) is 0.877. The van der Waals surface area contributed by atoms with Gasteiger partial charge in [-0.1, -0.05) is 0 Å². The Morgan fingerprint density at radius 3 is 2.54 bits per heavy atom. The SMILES string of the molecule is Cc1nc(C2CCN(C(=O)[C@H](C)O)CC2)cc(N2CCOCC2)n1. The van der Waals surface area contributed by atoms with Crippen LogP contribution in [0.4, 0.5) is 5.82 Å². The number of aromatic nitrogens is 2. The Morgan fingerprint density at radius 2 is 1.92 bits per heavy atom. The number of aliphatic hydroxyl groups is 1. The van der Waals surface area contributed by atoms with Gasteiger partial charge in [-0.2, -0.15) is 0 Å². The second-order valence-electron chi connectivity index (χ2n) is 6.57. The molecule has 1 aromatic heterocycles. The molecule has 7 heteroatoms. The van der Waals surface area contributed by atoms with Crippen LogP contribution in [0.5, 0.6) is 0 Å². The molecule has 3 rings (SSSR count). The molecule has 0 radical (unpaired) electrons. The molecule has 1 atom stereocenters. The summed E-state index contributed by atoms with van der Waals surface area (Å²) in [6.45, 7) is 7.98. The highest BCUT2D eigenvalue weighted by Gasteiger charge is 2.27. The van der Waals surface area contributed by atoms with Crippen molar-refractivity contribution < 1.29 is 14.6 Å².